The highest BCUT2D eigenvalue weighted by Gasteiger charge is 2.36. The molecule has 1 fully saturated rings. The van der Waals surface area contributed by atoms with E-state index in [1.807, 2.05) is 13.8 Å². The first-order valence-electron chi connectivity index (χ1n) is 6.30. The van der Waals surface area contributed by atoms with Crippen LogP contribution in [0.5, 0.6) is 0 Å². The summed E-state index contributed by atoms with van der Waals surface area (Å²) in [5.41, 5.74) is 0. The van der Waals surface area contributed by atoms with Gasteiger partial charge in [0.25, 0.3) is 5.91 Å². The van der Waals surface area contributed by atoms with Crippen molar-refractivity contribution in [2.45, 2.75) is 38.7 Å². The number of carbonyl (C=O) groups is 2. The fourth-order valence-electron chi connectivity index (χ4n) is 1.55. The highest BCUT2D eigenvalue weighted by molar-refractivity contribution is 5.91. The number of aliphatic hydroxyl groups excluding tert-OH is 2. The van der Waals surface area contributed by atoms with E-state index in [1.165, 1.54) is 7.05 Å². The molecule has 0 aromatic rings. The summed E-state index contributed by atoms with van der Waals surface area (Å²) < 4.78 is 18.4. The summed E-state index contributed by atoms with van der Waals surface area (Å²) in [4.78, 5) is 22.5. The van der Waals surface area contributed by atoms with Crippen LogP contribution in [0.15, 0.2) is 12.0 Å². The van der Waals surface area contributed by atoms with E-state index in [2.05, 4.69) is 5.32 Å². The predicted octanol–water partition coefficient (Wildman–Crippen LogP) is -0.504. The number of carbonyl (C=O) groups excluding carboxylic acids is 2. The lowest BCUT2D eigenvalue weighted by molar-refractivity contribution is -0.128. The molecule has 0 saturated carbocycles. The zero-order valence-electron chi connectivity index (χ0n) is 11.7. The molecule has 0 radical (unpaired) electrons. The molecular weight excluding hydrogens is 271 g/mol. The molecule has 0 aromatic heterocycles. The third-order valence-electron chi connectivity index (χ3n) is 2.54. The van der Waals surface area contributed by atoms with Gasteiger partial charge in [-0.15, -0.1) is 0 Å². The summed E-state index contributed by atoms with van der Waals surface area (Å²) in [5.74, 6) is -2.13. The number of hydrogen-bond acceptors (Lipinski definition) is 5. The van der Waals surface area contributed by atoms with E-state index in [-0.39, 0.29) is 12.8 Å². The first-order valence-corrected chi connectivity index (χ1v) is 6.30. The molecule has 3 unspecified atom stereocenters. The van der Waals surface area contributed by atoms with Gasteiger partial charge in [0, 0.05) is 13.5 Å². The average molecular weight is 292 g/mol. The van der Waals surface area contributed by atoms with Crippen molar-refractivity contribution < 1.29 is 28.9 Å². The largest absolute Gasteiger partial charge is 0.394 e. The van der Waals surface area contributed by atoms with Crippen molar-refractivity contribution in [1.29, 1.82) is 0 Å². The maximum Gasteiger partial charge on any atom is 0.281 e. The predicted molar refractivity (Wildman–Crippen MR) is 68.9 cm³/mol. The van der Waals surface area contributed by atoms with Gasteiger partial charge in [0.1, 0.15) is 12.3 Å². The number of nitrogens with one attached hydrogen (secondary N) is 1. The summed E-state index contributed by atoms with van der Waals surface area (Å²) in [6.45, 7) is 3.59. The SMILES string of the molecule is CC.CNC(=O)/C(F)=C\N(C=O)C1CC(O)C(CO)O1. The number of aliphatic hydroxyl groups is 2. The van der Waals surface area contributed by atoms with Crippen molar-refractivity contribution in [3.63, 3.8) is 0 Å². The number of halogens is 1. The smallest absolute Gasteiger partial charge is 0.281 e. The standard InChI is InChI=1S/C10H15FN2O5.C2H6/c1-12-10(17)6(11)3-13(5-15)9-2-7(16)8(4-14)18-9;1-2/h3,5,7-9,14,16H,2,4H2,1H3,(H,12,17);1-2H3/b6-3+;. The summed E-state index contributed by atoms with van der Waals surface area (Å²) in [5, 5.41) is 20.4. The molecule has 3 atom stereocenters. The molecule has 1 heterocycles. The van der Waals surface area contributed by atoms with Crippen LogP contribution in [0.1, 0.15) is 20.3 Å². The Labute approximate surface area is 117 Å². The number of hydrogen-bond donors (Lipinski definition) is 3. The van der Waals surface area contributed by atoms with Crippen LogP contribution >= 0.6 is 0 Å². The summed E-state index contributed by atoms with van der Waals surface area (Å²) in [7, 11) is 1.25. The summed E-state index contributed by atoms with van der Waals surface area (Å²) >= 11 is 0. The molecule has 1 saturated heterocycles. The Kier molecular flexibility index (Phi) is 8.69. The Morgan fingerprint density at radius 3 is 2.55 bits per heavy atom. The Morgan fingerprint density at radius 2 is 2.15 bits per heavy atom. The molecule has 1 rings (SSSR count). The third-order valence-corrected chi connectivity index (χ3v) is 2.54. The second-order valence-corrected chi connectivity index (χ2v) is 3.72. The molecule has 0 aliphatic carbocycles. The van der Waals surface area contributed by atoms with Gasteiger partial charge in [0.05, 0.1) is 18.9 Å². The van der Waals surface area contributed by atoms with Gasteiger partial charge < -0.3 is 20.3 Å². The first-order chi connectivity index (χ1) is 9.53. The second kappa shape index (κ2) is 9.40. The fraction of sp³-hybridized carbons (Fsp3) is 0.667. The lowest BCUT2D eigenvalue weighted by Gasteiger charge is -2.20. The second-order valence-electron chi connectivity index (χ2n) is 3.72. The zero-order valence-corrected chi connectivity index (χ0v) is 11.7. The minimum absolute atomic E-state index is 0.0293. The average Bonchev–Trinajstić information content (AvgIpc) is 2.86. The van der Waals surface area contributed by atoms with Crippen molar-refractivity contribution >= 4 is 12.3 Å². The lowest BCUT2D eigenvalue weighted by Crippen LogP contribution is -2.31. The molecule has 20 heavy (non-hydrogen) atoms. The number of ether oxygens (including phenoxy) is 1. The van der Waals surface area contributed by atoms with Crippen LogP contribution in [0.3, 0.4) is 0 Å². The maximum atomic E-state index is 13.2. The van der Waals surface area contributed by atoms with Crippen molar-refractivity contribution in [2.75, 3.05) is 13.7 Å². The van der Waals surface area contributed by atoms with Gasteiger partial charge in [-0.1, -0.05) is 13.8 Å². The lowest BCUT2D eigenvalue weighted by atomic mass is 10.2. The Bertz CT molecular complexity index is 351. The van der Waals surface area contributed by atoms with Gasteiger partial charge in [-0.25, -0.2) is 0 Å². The van der Waals surface area contributed by atoms with Gasteiger partial charge in [-0.2, -0.15) is 4.39 Å². The van der Waals surface area contributed by atoms with Crippen LogP contribution in [0.4, 0.5) is 4.39 Å². The van der Waals surface area contributed by atoms with Gasteiger partial charge >= 0.3 is 0 Å². The van der Waals surface area contributed by atoms with Crippen LogP contribution in [0, 0.1) is 0 Å². The van der Waals surface area contributed by atoms with E-state index < -0.39 is 36.8 Å². The van der Waals surface area contributed by atoms with Crippen LogP contribution in [-0.4, -0.2) is 59.5 Å². The van der Waals surface area contributed by atoms with E-state index in [1.54, 1.807) is 0 Å². The van der Waals surface area contributed by atoms with E-state index in [0.29, 0.717) is 6.20 Å². The Hall–Kier alpha value is -1.51. The number of amides is 2. The molecule has 1 aliphatic rings. The van der Waals surface area contributed by atoms with E-state index in [0.717, 1.165) is 4.90 Å². The maximum absolute atomic E-state index is 13.2. The molecule has 0 spiro atoms. The highest BCUT2D eigenvalue weighted by Crippen LogP contribution is 2.23. The molecule has 8 heteroatoms. The molecule has 3 N–H and O–H groups in total. The zero-order chi connectivity index (χ0) is 15.7. The molecule has 2 amide bonds. The van der Waals surface area contributed by atoms with E-state index in [4.69, 9.17) is 9.84 Å². The van der Waals surface area contributed by atoms with Crippen LogP contribution < -0.4 is 5.32 Å². The van der Waals surface area contributed by atoms with Crippen LogP contribution in [-0.2, 0) is 14.3 Å². The summed E-state index contributed by atoms with van der Waals surface area (Å²) in [6.07, 6.45) is -1.69. The third kappa shape index (κ3) is 4.87. The topological polar surface area (TPSA) is 99.1 Å². The highest BCUT2D eigenvalue weighted by atomic mass is 19.1. The van der Waals surface area contributed by atoms with Crippen molar-refractivity contribution in [1.82, 2.24) is 10.2 Å². The molecule has 1 aliphatic heterocycles. The van der Waals surface area contributed by atoms with E-state index in [9.17, 15) is 19.1 Å². The van der Waals surface area contributed by atoms with Crippen LogP contribution in [0.2, 0.25) is 0 Å². The number of rotatable bonds is 5. The number of likely N-dealkylation sites (N-methyl/N-ethyl adjacent to an activating group) is 1. The first kappa shape index (κ1) is 18.5. The molecule has 0 bridgehead atoms. The van der Waals surface area contributed by atoms with Crippen molar-refractivity contribution in [3.8, 4) is 0 Å². The van der Waals surface area contributed by atoms with Gasteiger partial charge in [0.15, 0.2) is 0 Å². The molecule has 0 aromatic carbocycles. The Balaban J connectivity index is 0.00000172. The van der Waals surface area contributed by atoms with Gasteiger partial charge in [-0.3, -0.25) is 14.5 Å². The minimum atomic E-state index is -1.16. The minimum Gasteiger partial charge on any atom is -0.394 e. The van der Waals surface area contributed by atoms with Crippen molar-refractivity contribution in [2.24, 2.45) is 0 Å². The molecule has 116 valence electrons. The number of nitrogens with zero attached hydrogens (tertiary/aromatic N) is 1. The summed E-state index contributed by atoms with van der Waals surface area (Å²) in [6, 6.07) is 0. The molecular formula is C12H21FN2O5. The van der Waals surface area contributed by atoms with E-state index >= 15 is 0 Å². The Morgan fingerprint density at radius 1 is 1.55 bits per heavy atom. The van der Waals surface area contributed by atoms with Gasteiger partial charge in [-0.05, 0) is 0 Å². The van der Waals surface area contributed by atoms with Crippen LogP contribution in [0.25, 0.3) is 0 Å². The molecule has 7 nitrogen and oxygen atoms in total. The van der Waals surface area contributed by atoms with Gasteiger partial charge in [0.2, 0.25) is 12.2 Å². The monoisotopic (exact) mass is 292 g/mol. The fourth-order valence-corrected chi connectivity index (χ4v) is 1.55. The van der Waals surface area contributed by atoms with Crippen molar-refractivity contribution in [3.05, 3.63) is 12.0 Å². The normalized spacial score (nSPS) is 25.5. The quantitative estimate of drug-likeness (QED) is 0.468.